The van der Waals surface area contributed by atoms with Crippen molar-refractivity contribution in [3.8, 4) is 22.5 Å². The Kier molecular flexibility index (Phi) is 5.23. The predicted octanol–water partition coefficient (Wildman–Crippen LogP) is 8.29. The van der Waals surface area contributed by atoms with Gasteiger partial charge in [0, 0.05) is 34.7 Å². The number of nitrogens with zero attached hydrogens (tertiary/aromatic N) is 5. The van der Waals surface area contributed by atoms with Gasteiger partial charge in [-0.25, -0.2) is 4.98 Å². The molecule has 4 aromatic heterocycles. The third kappa shape index (κ3) is 3.92. The molecular weight excluding hydrogens is 482 g/mol. The molecule has 3 aromatic carbocycles. The molecule has 6 nitrogen and oxygen atoms in total. The summed E-state index contributed by atoms with van der Waals surface area (Å²) in [7, 11) is 0. The fraction of sp³-hybridized carbons (Fsp3) is 0.121. The van der Waals surface area contributed by atoms with E-state index in [4.69, 9.17) is 9.51 Å². The summed E-state index contributed by atoms with van der Waals surface area (Å²) in [4.78, 5) is 16.8. The number of fused-ring (bicyclic) bond motifs is 5. The van der Waals surface area contributed by atoms with Crippen LogP contribution in [-0.4, -0.2) is 25.1 Å². The molecule has 0 aliphatic carbocycles. The van der Waals surface area contributed by atoms with Crippen LogP contribution < -0.4 is 4.90 Å². The number of hydrogen-bond donors (Lipinski definition) is 0. The van der Waals surface area contributed by atoms with E-state index in [2.05, 4.69) is 78.1 Å². The molecule has 190 valence electrons. The number of pyridine rings is 2. The minimum atomic E-state index is -0.273. The molecule has 7 aromatic rings. The van der Waals surface area contributed by atoms with E-state index in [-0.39, 0.29) is 5.54 Å². The van der Waals surface area contributed by atoms with E-state index in [1.165, 1.54) is 0 Å². The van der Waals surface area contributed by atoms with Crippen LogP contribution in [0, 0.1) is 0 Å². The van der Waals surface area contributed by atoms with E-state index < -0.39 is 0 Å². The molecule has 0 radical (unpaired) electrons. The molecule has 0 saturated carbocycles. The summed E-state index contributed by atoms with van der Waals surface area (Å²) >= 11 is 0. The first kappa shape index (κ1) is 23.2. The standard InChI is InChI=1S/C33H27N5O/c1-33(2,3)37(24-12-10-11-22(19-24)26-14-6-8-17-34-26)28-20-23(27-15-7-9-18-35-27)21-29-31(28)36-32-25-13-4-5-16-30(25)39-38(29)32/h4-21H,1-3H3. The van der Waals surface area contributed by atoms with Crippen LogP contribution in [0.25, 0.3) is 50.2 Å². The van der Waals surface area contributed by atoms with E-state index in [1.54, 1.807) is 0 Å². The number of rotatable bonds is 4. The van der Waals surface area contributed by atoms with Gasteiger partial charge in [0.15, 0.2) is 11.2 Å². The highest BCUT2D eigenvalue weighted by Gasteiger charge is 2.28. The van der Waals surface area contributed by atoms with Gasteiger partial charge >= 0.3 is 0 Å². The van der Waals surface area contributed by atoms with Crippen molar-refractivity contribution in [3.05, 3.63) is 109 Å². The van der Waals surface area contributed by atoms with Gasteiger partial charge in [-0.1, -0.05) is 36.4 Å². The fourth-order valence-electron chi connectivity index (χ4n) is 5.31. The number of hydrogen-bond acceptors (Lipinski definition) is 5. The molecular formula is C33H27N5O. The highest BCUT2D eigenvalue weighted by atomic mass is 16.5. The van der Waals surface area contributed by atoms with Crippen molar-refractivity contribution in [3.63, 3.8) is 0 Å². The van der Waals surface area contributed by atoms with Crippen LogP contribution in [0.2, 0.25) is 0 Å². The largest absolute Gasteiger partial charge is 0.372 e. The number of benzene rings is 3. The molecule has 0 amide bonds. The lowest BCUT2D eigenvalue weighted by Gasteiger charge is -2.38. The lowest BCUT2D eigenvalue weighted by molar-refractivity contribution is 0.423. The monoisotopic (exact) mass is 509 g/mol. The van der Waals surface area contributed by atoms with E-state index in [0.717, 1.165) is 61.5 Å². The zero-order chi connectivity index (χ0) is 26.6. The summed E-state index contributed by atoms with van der Waals surface area (Å²) in [5.74, 6) is 0. The van der Waals surface area contributed by atoms with Crippen LogP contribution in [0.5, 0.6) is 0 Å². The predicted molar refractivity (Wildman–Crippen MR) is 157 cm³/mol. The summed E-state index contributed by atoms with van der Waals surface area (Å²) in [6.07, 6.45) is 3.65. The molecule has 0 spiro atoms. The van der Waals surface area contributed by atoms with Crippen LogP contribution in [0.3, 0.4) is 0 Å². The number of aromatic nitrogens is 4. The van der Waals surface area contributed by atoms with Crippen molar-refractivity contribution in [2.45, 2.75) is 26.3 Å². The van der Waals surface area contributed by atoms with E-state index in [9.17, 15) is 0 Å². The number of imidazole rings is 1. The Morgan fingerprint density at radius 1 is 0.718 bits per heavy atom. The van der Waals surface area contributed by atoms with Crippen LogP contribution in [0.1, 0.15) is 20.8 Å². The topological polar surface area (TPSA) is 59.5 Å². The second kappa shape index (κ2) is 8.81. The normalized spacial score (nSPS) is 12.0. The first-order chi connectivity index (χ1) is 19.0. The average Bonchev–Trinajstić information content (AvgIpc) is 3.50. The minimum Gasteiger partial charge on any atom is -0.372 e. The van der Waals surface area contributed by atoms with Gasteiger partial charge in [0.1, 0.15) is 11.0 Å². The van der Waals surface area contributed by atoms with Gasteiger partial charge < -0.3 is 9.42 Å². The van der Waals surface area contributed by atoms with E-state index in [0.29, 0.717) is 0 Å². The summed E-state index contributed by atoms with van der Waals surface area (Å²) in [6, 6.07) is 32.8. The van der Waals surface area contributed by atoms with Gasteiger partial charge in [-0.15, -0.1) is 0 Å². The second-order valence-corrected chi connectivity index (χ2v) is 10.7. The van der Waals surface area contributed by atoms with Crippen LogP contribution in [-0.2, 0) is 0 Å². The molecule has 0 N–H and O–H groups in total. The molecule has 6 heteroatoms. The van der Waals surface area contributed by atoms with E-state index in [1.807, 2.05) is 71.6 Å². The summed E-state index contributed by atoms with van der Waals surface area (Å²) in [6.45, 7) is 6.65. The molecule has 0 fully saturated rings. The highest BCUT2D eigenvalue weighted by molar-refractivity contribution is 6.02. The highest BCUT2D eigenvalue weighted by Crippen LogP contribution is 2.42. The Balaban J connectivity index is 1.53. The van der Waals surface area contributed by atoms with Crippen molar-refractivity contribution < 1.29 is 4.52 Å². The number of anilines is 2. The third-order valence-electron chi connectivity index (χ3n) is 6.95. The van der Waals surface area contributed by atoms with Crippen molar-refractivity contribution in [2.75, 3.05) is 4.90 Å². The second-order valence-electron chi connectivity index (χ2n) is 10.7. The summed E-state index contributed by atoms with van der Waals surface area (Å²) < 4.78 is 8.15. The Hall–Kier alpha value is -4.97. The number of para-hydroxylation sites is 1. The molecule has 0 unspecified atom stereocenters. The van der Waals surface area contributed by atoms with Gasteiger partial charge in [-0.05, 0) is 81.4 Å². The maximum absolute atomic E-state index is 6.31. The minimum absolute atomic E-state index is 0.273. The van der Waals surface area contributed by atoms with Crippen molar-refractivity contribution in [1.29, 1.82) is 0 Å². The zero-order valence-corrected chi connectivity index (χ0v) is 22.0. The van der Waals surface area contributed by atoms with Crippen LogP contribution in [0.15, 0.2) is 114 Å². The van der Waals surface area contributed by atoms with Gasteiger partial charge in [0.05, 0.1) is 22.5 Å². The molecule has 0 bridgehead atoms. The lowest BCUT2D eigenvalue weighted by Crippen LogP contribution is -2.37. The molecule has 0 atom stereocenters. The Bertz CT molecular complexity index is 1950. The van der Waals surface area contributed by atoms with Crippen molar-refractivity contribution >= 4 is 39.0 Å². The van der Waals surface area contributed by atoms with E-state index >= 15 is 0 Å². The molecule has 0 aliphatic rings. The Morgan fingerprint density at radius 2 is 1.44 bits per heavy atom. The van der Waals surface area contributed by atoms with Gasteiger partial charge in [-0.3, -0.25) is 9.97 Å². The maximum atomic E-state index is 6.31. The van der Waals surface area contributed by atoms with Crippen molar-refractivity contribution in [1.82, 2.24) is 19.5 Å². The average molecular weight is 510 g/mol. The zero-order valence-electron chi connectivity index (χ0n) is 22.0. The Morgan fingerprint density at radius 3 is 2.15 bits per heavy atom. The molecule has 39 heavy (non-hydrogen) atoms. The van der Waals surface area contributed by atoms with Crippen LogP contribution >= 0.6 is 0 Å². The summed E-state index contributed by atoms with van der Waals surface area (Å²) in [5, 5.41) is 0.985. The van der Waals surface area contributed by atoms with Gasteiger partial charge in [0.25, 0.3) is 0 Å². The lowest BCUT2D eigenvalue weighted by atomic mass is 9.99. The third-order valence-corrected chi connectivity index (χ3v) is 6.95. The van der Waals surface area contributed by atoms with Crippen LogP contribution in [0.4, 0.5) is 11.4 Å². The molecule has 4 heterocycles. The van der Waals surface area contributed by atoms with Crippen molar-refractivity contribution in [2.24, 2.45) is 0 Å². The first-order valence-corrected chi connectivity index (χ1v) is 13.0. The molecule has 0 saturated heterocycles. The fourth-order valence-corrected chi connectivity index (χ4v) is 5.31. The van der Waals surface area contributed by atoms with Gasteiger partial charge in [-0.2, -0.15) is 4.57 Å². The smallest absolute Gasteiger partial charge is 0.181 e. The summed E-state index contributed by atoms with van der Waals surface area (Å²) in [5.41, 5.74) is 9.03. The molecule has 0 aliphatic heterocycles. The van der Waals surface area contributed by atoms with Gasteiger partial charge in [0.2, 0.25) is 0 Å². The quantitative estimate of drug-likeness (QED) is 0.239. The Labute approximate surface area is 226 Å². The SMILES string of the molecule is CC(C)(C)N(c1cccc(-c2ccccn2)c1)c1cc(-c2ccccn2)cc2c1nc1c3ccccc3on21. The first-order valence-electron chi connectivity index (χ1n) is 13.0. The molecule has 7 rings (SSSR count). The maximum Gasteiger partial charge on any atom is 0.181 e.